The number of aryl methyl sites for hydroxylation is 1. The summed E-state index contributed by atoms with van der Waals surface area (Å²) in [6.07, 6.45) is 0. The van der Waals surface area contributed by atoms with Gasteiger partial charge in [-0.2, -0.15) is 10.4 Å². The van der Waals surface area contributed by atoms with Gasteiger partial charge in [0, 0.05) is 5.69 Å². The van der Waals surface area contributed by atoms with Crippen LogP contribution < -0.4 is 15.6 Å². The Bertz CT molecular complexity index is 848. The molecule has 1 N–H and O–H groups in total. The average Bonchev–Trinajstić information content (AvgIpc) is 2.55. The van der Waals surface area contributed by atoms with E-state index in [0.29, 0.717) is 29.3 Å². The molecule has 0 aliphatic rings. The van der Waals surface area contributed by atoms with Crippen LogP contribution in [0.5, 0.6) is 5.75 Å². The Morgan fingerprint density at radius 1 is 1.33 bits per heavy atom. The molecule has 1 heterocycles. The molecule has 1 aromatic heterocycles. The number of rotatable bonds is 5. The second-order valence-electron chi connectivity index (χ2n) is 5.17. The van der Waals surface area contributed by atoms with Gasteiger partial charge in [0.2, 0.25) is 5.91 Å². The molecule has 0 aliphatic heterocycles. The van der Waals surface area contributed by atoms with Crippen LogP contribution >= 0.6 is 0 Å². The van der Waals surface area contributed by atoms with Crippen molar-refractivity contribution in [2.45, 2.75) is 27.3 Å². The highest BCUT2D eigenvalue weighted by Gasteiger charge is 2.14. The minimum absolute atomic E-state index is 0.0105. The zero-order valence-electron chi connectivity index (χ0n) is 13.8. The molecule has 124 valence electrons. The van der Waals surface area contributed by atoms with Crippen molar-refractivity contribution in [1.29, 1.82) is 5.26 Å². The van der Waals surface area contributed by atoms with E-state index in [1.165, 1.54) is 0 Å². The van der Waals surface area contributed by atoms with E-state index >= 15 is 0 Å². The van der Waals surface area contributed by atoms with Crippen LogP contribution in [-0.4, -0.2) is 22.3 Å². The Hall–Kier alpha value is -3.14. The summed E-state index contributed by atoms with van der Waals surface area (Å²) in [5, 5.41) is 15.8. The van der Waals surface area contributed by atoms with Gasteiger partial charge in [-0.15, -0.1) is 0 Å². The maximum Gasteiger partial charge on any atom is 0.285 e. The van der Waals surface area contributed by atoms with E-state index in [2.05, 4.69) is 10.4 Å². The second-order valence-corrected chi connectivity index (χ2v) is 5.17. The highest BCUT2D eigenvalue weighted by molar-refractivity contribution is 5.90. The summed E-state index contributed by atoms with van der Waals surface area (Å²) in [5.74, 6) is 0.308. The first-order chi connectivity index (χ1) is 11.5. The molecule has 1 aromatic carbocycles. The van der Waals surface area contributed by atoms with Crippen LogP contribution in [-0.2, 0) is 11.3 Å². The van der Waals surface area contributed by atoms with Crippen LogP contribution in [0.4, 0.5) is 5.69 Å². The van der Waals surface area contributed by atoms with Crippen LogP contribution in [0.25, 0.3) is 0 Å². The van der Waals surface area contributed by atoms with Gasteiger partial charge in [-0.1, -0.05) is 0 Å². The third-order valence-electron chi connectivity index (χ3n) is 3.49. The van der Waals surface area contributed by atoms with Crippen molar-refractivity contribution in [2.75, 3.05) is 11.9 Å². The lowest BCUT2D eigenvalue weighted by Crippen LogP contribution is -2.32. The van der Waals surface area contributed by atoms with Gasteiger partial charge in [0.15, 0.2) is 0 Å². The number of carbonyl (C=O) groups is 1. The van der Waals surface area contributed by atoms with Crippen molar-refractivity contribution in [1.82, 2.24) is 9.78 Å². The van der Waals surface area contributed by atoms with E-state index in [9.17, 15) is 9.59 Å². The summed E-state index contributed by atoms with van der Waals surface area (Å²) in [4.78, 5) is 24.3. The molecule has 0 radical (unpaired) electrons. The number of amides is 1. The summed E-state index contributed by atoms with van der Waals surface area (Å²) < 4.78 is 6.33. The number of benzene rings is 1. The van der Waals surface area contributed by atoms with Crippen LogP contribution in [0.1, 0.15) is 23.7 Å². The van der Waals surface area contributed by atoms with Crippen molar-refractivity contribution in [3.05, 3.63) is 51.4 Å². The molecule has 24 heavy (non-hydrogen) atoms. The Labute approximate surface area is 139 Å². The molecule has 0 fully saturated rings. The Morgan fingerprint density at radius 2 is 2.00 bits per heavy atom. The quantitative estimate of drug-likeness (QED) is 0.903. The summed E-state index contributed by atoms with van der Waals surface area (Å²) in [5.41, 5.74) is 1.10. The maximum absolute atomic E-state index is 12.2. The predicted octanol–water partition coefficient (Wildman–Crippen LogP) is 1.77. The van der Waals surface area contributed by atoms with Gasteiger partial charge >= 0.3 is 0 Å². The first-order valence-corrected chi connectivity index (χ1v) is 7.47. The molecule has 1 amide bonds. The van der Waals surface area contributed by atoms with Crippen molar-refractivity contribution < 1.29 is 9.53 Å². The number of aromatic nitrogens is 2. The molecule has 0 spiro atoms. The van der Waals surface area contributed by atoms with E-state index in [1.807, 2.05) is 13.0 Å². The van der Waals surface area contributed by atoms with E-state index < -0.39 is 11.5 Å². The van der Waals surface area contributed by atoms with Gasteiger partial charge in [-0.05, 0) is 50.6 Å². The van der Waals surface area contributed by atoms with Gasteiger partial charge in [0.05, 0.1) is 12.3 Å². The topological polar surface area (TPSA) is 97.0 Å². The maximum atomic E-state index is 12.2. The lowest BCUT2D eigenvalue weighted by atomic mass is 10.1. The van der Waals surface area contributed by atoms with Crippen molar-refractivity contribution in [2.24, 2.45) is 0 Å². The summed E-state index contributed by atoms with van der Waals surface area (Å²) >= 11 is 0. The zero-order valence-corrected chi connectivity index (χ0v) is 13.8. The molecule has 0 saturated heterocycles. The van der Waals surface area contributed by atoms with Crippen LogP contribution in [0.15, 0.2) is 29.1 Å². The van der Waals surface area contributed by atoms with E-state index in [4.69, 9.17) is 10.00 Å². The largest absolute Gasteiger partial charge is 0.494 e. The minimum atomic E-state index is -0.567. The smallest absolute Gasteiger partial charge is 0.285 e. The van der Waals surface area contributed by atoms with Gasteiger partial charge in [0.25, 0.3) is 5.56 Å². The highest BCUT2D eigenvalue weighted by atomic mass is 16.5. The first-order valence-electron chi connectivity index (χ1n) is 7.47. The summed E-state index contributed by atoms with van der Waals surface area (Å²) in [6, 6.07) is 8.77. The molecule has 7 heteroatoms. The minimum Gasteiger partial charge on any atom is -0.494 e. The Kier molecular flexibility index (Phi) is 5.32. The van der Waals surface area contributed by atoms with Gasteiger partial charge in [0.1, 0.15) is 23.9 Å². The standard InChI is InChI=1S/C17H18N4O3/c1-4-24-14-7-5-13(6-8-14)19-16(22)10-21-17(23)15(9-18)11(2)12(3)20-21/h5-8H,4,10H2,1-3H3,(H,19,22). The number of ether oxygens (including phenoxy) is 1. The monoisotopic (exact) mass is 326 g/mol. The third kappa shape index (κ3) is 3.79. The highest BCUT2D eigenvalue weighted by Crippen LogP contribution is 2.15. The van der Waals surface area contributed by atoms with Crippen LogP contribution in [0, 0.1) is 25.2 Å². The fourth-order valence-corrected chi connectivity index (χ4v) is 2.15. The molecule has 2 rings (SSSR count). The fraction of sp³-hybridized carbons (Fsp3) is 0.294. The predicted molar refractivity (Wildman–Crippen MR) is 88.9 cm³/mol. The first kappa shape index (κ1) is 17.2. The molecule has 0 bridgehead atoms. The summed E-state index contributed by atoms with van der Waals surface area (Å²) in [7, 11) is 0. The van der Waals surface area contributed by atoms with Crippen LogP contribution in [0.3, 0.4) is 0 Å². The molecular weight excluding hydrogens is 308 g/mol. The van der Waals surface area contributed by atoms with Gasteiger partial charge in [-0.3, -0.25) is 9.59 Å². The SMILES string of the molecule is CCOc1ccc(NC(=O)Cn2nc(C)c(C)c(C#N)c2=O)cc1. The number of nitrogens with one attached hydrogen (secondary N) is 1. The van der Waals surface area contributed by atoms with Crippen LogP contribution in [0.2, 0.25) is 0 Å². The van der Waals surface area contributed by atoms with Gasteiger partial charge < -0.3 is 10.1 Å². The molecular formula is C17H18N4O3. The number of nitrogens with zero attached hydrogens (tertiary/aromatic N) is 3. The zero-order chi connectivity index (χ0) is 17.7. The summed E-state index contributed by atoms with van der Waals surface area (Å²) in [6.45, 7) is 5.54. The van der Waals surface area contributed by atoms with Crippen molar-refractivity contribution >= 4 is 11.6 Å². The molecule has 2 aromatic rings. The van der Waals surface area contributed by atoms with Crippen molar-refractivity contribution in [3.8, 4) is 11.8 Å². The lowest BCUT2D eigenvalue weighted by molar-refractivity contribution is -0.117. The normalized spacial score (nSPS) is 10.1. The van der Waals surface area contributed by atoms with Crippen molar-refractivity contribution in [3.63, 3.8) is 0 Å². The number of anilines is 1. The van der Waals surface area contributed by atoms with Gasteiger partial charge in [-0.25, -0.2) is 4.68 Å². The molecule has 0 unspecified atom stereocenters. The Balaban J connectivity index is 2.14. The second kappa shape index (κ2) is 7.42. The number of hydrogen-bond donors (Lipinski definition) is 1. The molecule has 0 saturated carbocycles. The lowest BCUT2D eigenvalue weighted by Gasteiger charge is -2.10. The molecule has 0 aliphatic carbocycles. The van der Waals surface area contributed by atoms with E-state index in [1.54, 1.807) is 38.1 Å². The molecule has 0 atom stereocenters. The number of carbonyl (C=O) groups excluding carboxylic acids is 1. The number of nitriles is 1. The number of hydrogen-bond acceptors (Lipinski definition) is 5. The fourth-order valence-electron chi connectivity index (χ4n) is 2.15. The molecule has 7 nitrogen and oxygen atoms in total. The third-order valence-corrected chi connectivity index (χ3v) is 3.49. The van der Waals surface area contributed by atoms with E-state index in [0.717, 1.165) is 4.68 Å². The Morgan fingerprint density at radius 3 is 2.58 bits per heavy atom. The average molecular weight is 326 g/mol. The van der Waals surface area contributed by atoms with E-state index in [-0.39, 0.29) is 12.1 Å².